The largest absolute Gasteiger partial charge is 0.385 e. The van der Waals surface area contributed by atoms with Crippen LogP contribution in [0, 0.1) is 6.92 Å². The minimum absolute atomic E-state index is 0.941. The predicted octanol–water partition coefficient (Wildman–Crippen LogP) is 3.93. The molecule has 0 aliphatic rings. The second-order valence-electron chi connectivity index (χ2n) is 4.40. The number of hydrogen-bond donors (Lipinski definition) is 1. The number of aryl methyl sites for hydroxylation is 2. The molecule has 1 N–H and O–H groups in total. The Labute approximate surface area is 103 Å². The fraction of sp³-hybridized carbons (Fsp3) is 0.400. The maximum Gasteiger partial charge on any atom is 0.0757 e. The van der Waals surface area contributed by atoms with Gasteiger partial charge in [0.2, 0.25) is 0 Å². The van der Waals surface area contributed by atoms with Crippen LogP contribution in [-0.2, 0) is 6.42 Å². The highest BCUT2D eigenvalue weighted by Gasteiger charge is 2.06. The Bertz CT molecular complexity index is 518. The van der Waals surface area contributed by atoms with E-state index in [1.807, 2.05) is 0 Å². The number of rotatable bonds is 4. The third kappa shape index (κ3) is 2.41. The molecule has 1 aromatic heterocycles. The van der Waals surface area contributed by atoms with Gasteiger partial charge in [-0.15, -0.1) is 0 Å². The van der Waals surface area contributed by atoms with Crippen LogP contribution in [0.3, 0.4) is 0 Å². The maximum atomic E-state index is 4.70. The van der Waals surface area contributed by atoms with Gasteiger partial charge in [0.25, 0.3) is 0 Å². The molecule has 0 bridgehead atoms. The third-order valence-electron chi connectivity index (χ3n) is 2.94. The van der Waals surface area contributed by atoms with Crippen LogP contribution in [0.15, 0.2) is 24.3 Å². The zero-order valence-corrected chi connectivity index (χ0v) is 10.9. The van der Waals surface area contributed by atoms with Gasteiger partial charge < -0.3 is 5.32 Å². The summed E-state index contributed by atoms with van der Waals surface area (Å²) in [5, 5.41) is 4.66. The van der Waals surface area contributed by atoms with Gasteiger partial charge in [-0.05, 0) is 31.9 Å². The lowest BCUT2D eigenvalue weighted by Crippen LogP contribution is -2.00. The van der Waals surface area contributed by atoms with Crippen LogP contribution in [-0.4, -0.2) is 11.5 Å². The van der Waals surface area contributed by atoms with Crippen LogP contribution in [0.1, 0.15) is 31.5 Å². The molecule has 17 heavy (non-hydrogen) atoms. The summed E-state index contributed by atoms with van der Waals surface area (Å²) >= 11 is 0. The highest BCUT2D eigenvalue weighted by atomic mass is 14.9. The van der Waals surface area contributed by atoms with Gasteiger partial charge in [0, 0.05) is 23.3 Å². The van der Waals surface area contributed by atoms with E-state index in [4.69, 9.17) is 4.98 Å². The highest BCUT2D eigenvalue weighted by molar-refractivity contribution is 5.93. The van der Waals surface area contributed by atoms with E-state index in [-0.39, 0.29) is 0 Å². The highest BCUT2D eigenvalue weighted by Crippen LogP contribution is 2.26. The molecule has 0 amide bonds. The SMILES string of the molecule is CCCc1cccc2c(NCC)cc(C)nc12. The lowest BCUT2D eigenvalue weighted by molar-refractivity contribution is 0.925. The van der Waals surface area contributed by atoms with E-state index in [1.54, 1.807) is 0 Å². The standard InChI is InChI=1S/C15H20N2/c1-4-7-12-8-6-9-13-14(16-5-2)10-11(3)17-15(12)13/h6,8-10H,4-5,7H2,1-3H3,(H,16,17). The molecule has 0 saturated heterocycles. The summed E-state index contributed by atoms with van der Waals surface area (Å²) in [4.78, 5) is 4.70. The van der Waals surface area contributed by atoms with Crippen LogP contribution in [0.4, 0.5) is 5.69 Å². The summed E-state index contributed by atoms with van der Waals surface area (Å²) in [6.07, 6.45) is 2.25. The average molecular weight is 228 g/mol. The Hall–Kier alpha value is -1.57. The quantitative estimate of drug-likeness (QED) is 0.857. The molecule has 0 radical (unpaired) electrons. The molecule has 0 unspecified atom stereocenters. The first-order valence-corrected chi connectivity index (χ1v) is 6.39. The van der Waals surface area contributed by atoms with Gasteiger partial charge >= 0.3 is 0 Å². The van der Waals surface area contributed by atoms with Gasteiger partial charge in [0.1, 0.15) is 0 Å². The molecule has 0 saturated carbocycles. The zero-order chi connectivity index (χ0) is 12.3. The van der Waals surface area contributed by atoms with Gasteiger partial charge in [-0.2, -0.15) is 0 Å². The van der Waals surface area contributed by atoms with E-state index in [0.717, 1.165) is 30.6 Å². The summed E-state index contributed by atoms with van der Waals surface area (Å²) < 4.78 is 0. The van der Waals surface area contributed by atoms with E-state index in [2.05, 4.69) is 50.4 Å². The third-order valence-corrected chi connectivity index (χ3v) is 2.94. The fourth-order valence-corrected chi connectivity index (χ4v) is 2.24. The molecule has 0 atom stereocenters. The number of nitrogens with one attached hydrogen (secondary N) is 1. The smallest absolute Gasteiger partial charge is 0.0757 e. The van der Waals surface area contributed by atoms with Crippen LogP contribution >= 0.6 is 0 Å². The van der Waals surface area contributed by atoms with E-state index >= 15 is 0 Å². The molecule has 90 valence electrons. The van der Waals surface area contributed by atoms with Gasteiger partial charge in [0.15, 0.2) is 0 Å². The molecular weight excluding hydrogens is 208 g/mol. The van der Waals surface area contributed by atoms with Crippen molar-refractivity contribution >= 4 is 16.6 Å². The Balaban J connectivity index is 2.64. The topological polar surface area (TPSA) is 24.9 Å². The summed E-state index contributed by atoms with van der Waals surface area (Å²) in [7, 11) is 0. The van der Waals surface area contributed by atoms with Crippen molar-refractivity contribution in [1.82, 2.24) is 4.98 Å². The van der Waals surface area contributed by atoms with Crippen LogP contribution in [0.2, 0.25) is 0 Å². The zero-order valence-electron chi connectivity index (χ0n) is 10.9. The molecule has 2 aromatic rings. The van der Waals surface area contributed by atoms with Crippen molar-refractivity contribution in [2.45, 2.75) is 33.6 Å². The number of anilines is 1. The Morgan fingerprint density at radius 2 is 2.06 bits per heavy atom. The van der Waals surface area contributed by atoms with E-state index in [1.165, 1.54) is 16.6 Å². The first kappa shape index (κ1) is 11.9. The van der Waals surface area contributed by atoms with Gasteiger partial charge in [-0.1, -0.05) is 31.5 Å². The summed E-state index contributed by atoms with van der Waals surface area (Å²) in [6.45, 7) is 7.33. The molecule has 1 heterocycles. The lowest BCUT2D eigenvalue weighted by atomic mass is 10.0. The molecular formula is C15H20N2. The Morgan fingerprint density at radius 3 is 2.76 bits per heavy atom. The molecule has 0 spiro atoms. The molecule has 0 fully saturated rings. The van der Waals surface area contributed by atoms with E-state index < -0.39 is 0 Å². The monoisotopic (exact) mass is 228 g/mol. The predicted molar refractivity (Wildman–Crippen MR) is 74.6 cm³/mol. The van der Waals surface area contributed by atoms with Crippen molar-refractivity contribution < 1.29 is 0 Å². The van der Waals surface area contributed by atoms with Crippen molar-refractivity contribution in [1.29, 1.82) is 0 Å². The van der Waals surface area contributed by atoms with Gasteiger partial charge in [0.05, 0.1) is 5.52 Å². The summed E-state index contributed by atoms with van der Waals surface area (Å²) in [5.74, 6) is 0. The molecule has 1 aromatic carbocycles. The minimum atomic E-state index is 0.941. The second-order valence-corrected chi connectivity index (χ2v) is 4.40. The van der Waals surface area contributed by atoms with E-state index in [0.29, 0.717) is 0 Å². The molecule has 2 rings (SSSR count). The van der Waals surface area contributed by atoms with Gasteiger partial charge in [-0.25, -0.2) is 0 Å². The first-order chi connectivity index (χ1) is 8.26. The summed E-state index contributed by atoms with van der Waals surface area (Å²) in [5.41, 5.74) is 4.79. The normalized spacial score (nSPS) is 10.8. The number of hydrogen-bond acceptors (Lipinski definition) is 2. The van der Waals surface area contributed by atoms with Gasteiger partial charge in [-0.3, -0.25) is 4.98 Å². The fourth-order valence-electron chi connectivity index (χ4n) is 2.24. The summed E-state index contributed by atoms with van der Waals surface area (Å²) in [6, 6.07) is 8.60. The molecule has 2 nitrogen and oxygen atoms in total. The van der Waals surface area contributed by atoms with Crippen LogP contribution in [0.5, 0.6) is 0 Å². The molecule has 0 aliphatic carbocycles. The lowest BCUT2D eigenvalue weighted by Gasteiger charge is -2.11. The van der Waals surface area contributed by atoms with E-state index in [9.17, 15) is 0 Å². The van der Waals surface area contributed by atoms with Crippen molar-refractivity contribution in [3.05, 3.63) is 35.5 Å². The number of pyridine rings is 1. The minimum Gasteiger partial charge on any atom is -0.385 e. The second kappa shape index (κ2) is 5.17. The Morgan fingerprint density at radius 1 is 1.24 bits per heavy atom. The molecule has 0 aliphatic heterocycles. The van der Waals surface area contributed by atoms with Crippen molar-refractivity contribution in [2.24, 2.45) is 0 Å². The Kier molecular flexibility index (Phi) is 3.62. The number of aromatic nitrogens is 1. The van der Waals surface area contributed by atoms with Crippen molar-refractivity contribution in [3.8, 4) is 0 Å². The van der Waals surface area contributed by atoms with Crippen LogP contribution < -0.4 is 5.32 Å². The van der Waals surface area contributed by atoms with Crippen molar-refractivity contribution in [2.75, 3.05) is 11.9 Å². The number of para-hydroxylation sites is 1. The molecule has 2 heteroatoms. The van der Waals surface area contributed by atoms with Crippen molar-refractivity contribution in [3.63, 3.8) is 0 Å². The van der Waals surface area contributed by atoms with Crippen LogP contribution in [0.25, 0.3) is 10.9 Å². The number of nitrogens with zero attached hydrogens (tertiary/aromatic N) is 1. The number of fused-ring (bicyclic) bond motifs is 1. The number of benzene rings is 1. The first-order valence-electron chi connectivity index (χ1n) is 6.39. The maximum absolute atomic E-state index is 4.70. The average Bonchev–Trinajstić information content (AvgIpc) is 2.31.